The zero-order valence-electron chi connectivity index (χ0n) is 8.23. The molecule has 1 aliphatic rings. The molecule has 1 saturated heterocycles. The summed E-state index contributed by atoms with van der Waals surface area (Å²) in [7, 11) is 1.83. The Morgan fingerprint density at radius 3 is 2.64 bits per heavy atom. The predicted octanol–water partition coefficient (Wildman–Crippen LogP) is 0.355. The van der Waals surface area contributed by atoms with E-state index in [0.717, 1.165) is 37.9 Å². The van der Waals surface area contributed by atoms with Gasteiger partial charge in [-0.1, -0.05) is 0 Å². The molecule has 1 aromatic heterocycles. The summed E-state index contributed by atoms with van der Waals surface area (Å²) in [5.74, 6) is 1.72. The highest BCUT2D eigenvalue weighted by atomic mass is 16.5. The molecular weight excluding hydrogens is 180 g/mol. The summed E-state index contributed by atoms with van der Waals surface area (Å²) in [6, 6.07) is 0. The minimum Gasteiger partial charge on any atom is -0.378 e. The Balaban J connectivity index is 2.07. The first-order chi connectivity index (χ1) is 6.90. The van der Waals surface area contributed by atoms with Crippen molar-refractivity contribution in [2.75, 3.05) is 43.6 Å². The number of nitrogens with zero attached hydrogens (tertiary/aromatic N) is 3. The molecule has 5 nitrogen and oxygen atoms in total. The molecule has 5 heteroatoms. The number of nitrogens with one attached hydrogen (secondary N) is 1. The van der Waals surface area contributed by atoms with Crippen LogP contribution in [0.15, 0.2) is 12.4 Å². The molecule has 76 valence electrons. The minimum absolute atomic E-state index is 0.773. The number of hydrogen-bond acceptors (Lipinski definition) is 5. The van der Waals surface area contributed by atoms with Crippen molar-refractivity contribution in [1.29, 1.82) is 0 Å². The number of morpholine rings is 1. The fraction of sp³-hybridized carbons (Fsp3) is 0.556. The van der Waals surface area contributed by atoms with Gasteiger partial charge in [-0.05, 0) is 0 Å². The SMILES string of the molecule is CNc1cnc(N2CCOCC2)cn1. The molecule has 1 N–H and O–H groups in total. The average Bonchev–Trinajstić information content (AvgIpc) is 2.30. The second-order valence-electron chi connectivity index (χ2n) is 3.11. The highest BCUT2D eigenvalue weighted by molar-refractivity contribution is 5.41. The summed E-state index contributed by atoms with van der Waals surface area (Å²) in [6.07, 6.45) is 3.53. The molecule has 14 heavy (non-hydrogen) atoms. The lowest BCUT2D eigenvalue weighted by Gasteiger charge is -2.27. The van der Waals surface area contributed by atoms with E-state index in [2.05, 4.69) is 20.2 Å². The molecule has 0 atom stereocenters. The highest BCUT2D eigenvalue weighted by Crippen LogP contribution is 2.11. The molecule has 0 bridgehead atoms. The first-order valence-electron chi connectivity index (χ1n) is 4.72. The predicted molar refractivity (Wildman–Crippen MR) is 54.6 cm³/mol. The smallest absolute Gasteiger partial charge is 0.147 e. The molecule has 0 amide bonds. The summed E-state index contributed by atoms with van der Waals surface area (Å²) >= 11 is 0. The summed E-state index contributed by atoms with van der Waals surface area (Å²) in [4.78, 5) is 10.7. The first kappa shape index (κ1) is 9.21. The zero-order chi connectivity index (χ0) is 9.80. The van der Waals surface area contributed by atoms with Crippen molar-refractivity contribution >= 4 is 11.6 Å². The molecule has 2 heterocycles. The number of anilines is 2. The lowest BCUT2D eigenvalue weighted by atomic mass is 10.4. The summed E-state index contributed by atoms with van der Waals surface area (Å²) in [5, 5.41) is 2.94. The molecule has 0 radical (unpaired) electrons. The first-order valence-corrected chi connectivity index (χ1v) is 4.72. The Kier molecular flexibility index (Phi) is 2.78. The second kappa shape index (κ2) is 4.23. The Hall–Kier alpha value is -1.36. The number of hydrogen-bond donors (Lipinski definition) is 1. The van der Waals surface area contributed by atoms with Gasteiger partial charge in [0.05, 0.1) is 25.6 Å². The molecule has 0 saturated carbocycles. The number of ether oxygens (including phenoxy) is 1. The van der Waals surface area contributed by atoms with Gasteiger partial charge in [-0.15, -0.1) is 0 Å². The summed E-state index contributed by atoms with van der Waals surface area (Å²) in [5.41, 5.74) is 0. The van der Waals surface area contributed by atoms with E-state index in [-0.39, 0.29) is 0 Å². The van der Waals surface area contributed by atoms with Crippen LogP contribution >= 0.6 is 0 Å². The van der Waals surface area contributed by atoms with Crippen LogP contribution in [0.25, 0.3) is 0 Å². The van der Waals surface area contributed by atoms with E-state index in [1.165, 1.54) is 0 Å². The molecule has 1 aliphatic heterocycles. The molecule has 1 aromatic rings. The van der Waals surface area contributed by atoms with Crippen molar-refractivity contribution in [2.45, 2.75) is 0 Å². The van der Waals surface area contributed by atoms with Crippen LogP contribution in [0.4, 0.5) is 11.6 Å². The molecule has 0 unspecified atom stereocenters. The number of aromatic nitrogens is 2. The van der Waals surface area contributed by atoms with Crippen LogP contribution in [-0.4, -0.2) is 43.3 Å². The van der Waals surface area contributed by atoms with Gasteiger partial charge in [0.15, 0.2) is 0 Å². The van der Waals surface area contributed by atoms with E-state index < -0.39 is 0 Å². The van der Waals surface area contributed by atoms with E-state index in [9.17, 15) is 0 Å². The highest BCUT2D eigenvalue weighted by Gasteiger charge is 2.11. The number of rotatable bonds is 2. The lowest BCUT2D eigenvalue weighted by molar-refractivity contribution is 0.122. The Morgan fingerprint density at radius 2 is 2.07 bits per heavy atom. The fourth-order valence-corrected chi connectivity index (χ4v) is 1.41. The van der Waals surface area contributed by atoms with Crippen LogP contribution in [0.3, 0.4) is 0 Å². The fourth-order valence-electron chi connectivity index (χ4n) is 1.41. The van der Waals surface area contributed by atoms with Gasteiger partial charge in [0.2, 0.25) is 0 Å². The Labute approximate surface area is 83.1 Å². The molecule has 0 spiro atoms. The van der Waals surface area contributed by atoms with Crippen molar-refractivity contribution < 1.29 is 4.74 Å². The Bertz CT molecular complexity index is 281. The molecule has 2 rings (SSSR count). The van der Waals surface area contributed by atoms with Gasteiger partial charge in [0, 0.05) is 20.1 Å². The van der Waals surface area contributed by atoms with Gasteiger partial charge in [0.25, 0.3) is 0 Å². The third-order valence-electron chi connectivity index (χ3n) is 2.23. The van der Waals surface area contributed by atoms with Crippen LogP contribution in [0.5, 0.6) is 0 Å². The standard InChI is InChI=1S/C9H14N4O/c1-10-8-6-12-9(7-11-8)13-2-4-14-5-3-13/h6-7H,2-5H2,1H3,(H,10,11). The van der Waals surface area contributed by atoms with Crippen molar-refractivity contribution in [2.24, 2.45) is 0 Å². The van der Waals surface area contributed by atoms with Gasteiger partial charge in [-0.2, -0.15) is 0 Å². The van der Waals surface area contributed by atoms with Crippen LogP contribution in [-0.2, 0) is 4.74 Å². The minimum atomic E-state index is 0.773. The second-order valence-corrected chi connectivity index (χ2v) is 3.11. The van der Waals surface area contributed by atoms with Gasteiger partial charge >= 0.3 is 0 Å². The van der Waals surface area contributed by atoms with Crippen LogP contribution in [0.2, 0.25) is 0 Å². The van der Waals surface area contributed by atoms with E-state index in [1.807, 2.05) is 7.05 Å². The van der Waals surface area contributed by atoms with Crippen LogP contribution in [0.1, 0.15) is 0 Å². The monoisotopic (exact) mass is 194 g/mol. The van der Waals surface area contributed by atoms with Crippen molar-refractivity contribution in [3.8, 4) is 0 Å². The maximum absolute atomic E-state index is 5.26. The van der Waals surface area contributed by atoms with Crippen LogP contribution < -0.4 is 10.2 Å². The topological polar surface area (TPSA) is 50.3 Å². The maximum atomic E-state index is 5.26. The summed E-state index contributed by atoms with van der Waals surface area (Å²) < 4.78 is 5.26. The van der Waals surface area contributed by atoms with Crippen molar-refractivity contribution in [1.82, 2.24) is 9.97 Å². The van der Waals surface area contributed by atoms with Gasteiger partial charge in [-0.25, -0.2) is 9.97 Å². The van der Waals surface area contributed by atoms with Crippen molar-refractivity contribution in [3.05, 3.63) is 12.4 Å². The third kappa shape index (κ3) is 1.93. The molecule has 1 fully saturated rings. The van der Waals surface area contributed by atoms with E-state index in [4.69, 9.17) is 4.74 Å². The van der Waals surface area contributed by atoms with Gasteiger partial charge in [0.1, 0.15) is 11.6 Å². The largest absolute Gasteiger partial charge is 0.378 e. The molecular formula is C9H14N4O. The molecule has 0 aromatic carbocycles. The Morgan fingerprint density at radius 1 is 1.29 bits per heavy atom. The zero-order valence-corrected chi connectivity index (χ0v) is 8.23. The maximum Gasteiger partial charge on any atom is 0.147 e. The van der Waals surface area contributed by atoms with E-state index >= 15 is 0 Å². The van der Waals surface area contributed by atoms with Gasteiger partial charge in [-0.3, -0.25) is 0 Å². The third-order valence-corrected chi connectivity index (χ3v) is 2.23. The van der Waals surface area contributed by atoms with E-state index in [0.29, 0.717) is 0 Å². The van der Waals surface area contributed by atoms with E-state index in [1.54, 1.807) is 12.4 Å². The average molecular weight is 194 g/mol. The molecule has 0 aliphatic carbocycles. The van der Waals surface area contributed by atoms with Crippen LogP contribution in [0, 0.1) is 0 Å². The quantitative estimate of drug-likeness (QED) is 0.736. The lowest BCUT2D eigenvalue weighted by Crippen LogP contribution is -2.36. The van der Waals surface area contributed by atoms with Gasteiger partial charge < -0.3 is 15.0 Å². The van der Waals surface area contributed by atoms with Crippen molar-refractivity contribution in [3.63, 3.8) is 0 Å². The normalized spacial score (nSPS) is 16.8. The summed E-state index contributed by atoms with van der Waals surface area (Å²) in [6.45, 7) is 3.34.